The van der Waals surface area contributed by atoms with Crippen LogP contribution in [0.3, 0.4) is 0 Å². The molecule has 0 saturated heterocycles. The van der Waals surface area contributed by atoms with E-state index in [1.54, 1.807) is 6.07 Å². The van der Waals surface area contributed by atoms with E-state index in [0.717, 1.165) is 35.9 Å². The molecule has 2 aromatic heterocycles. The van der Waals surface area contributed by atoms with Gasteiger partial charge >= 0.3 is 0 Å². The van der Waals surface area contributed by atoms with Gasteiger partial charge in [0.1, 0.15) is 11.6 Å². The number of nitrogens with two attached hydrogens (primary N) is 1. The molecule has 2 aromatic rings. The molecule has 18 heavy (non-hydrogen) atoms. The Labute approximate surface area is 107 Å². The summed E-state index contributed by atoms with van der Waals surface area (Å²) in [5.41, 5.74) is 9.12. The Kier molecular flexibility index (Phi) is 3.32. The summed E-state index contributed by atoms with van der Waals surface area (Å²) in [4.78, 5) is 8.75. The highest BCUT2D eigenvalue weighted by Crippen LogP contribution is 2.16. The van der Waals surface area contributed by atoms with Gasteiger partial charge in [0.2, 0.25) is 0 Å². The minimum atomic E-state index is 0.494. The fourth-order valence-electron chi connectivity index (χ4n) is 1.89. The van der Waals surface area contributed by atoms with E-state index in [4.69, 9.17) is 5.73 Å². The summed E-state index contributed by atoms with van der Waals surface area (Å²) in [6, 6.07) is 1.76. The smallest absolute Gasteiger partial charge is 0.159 e. The molecule has 0 fully saturated rings. The maximum Gasteiger partial charge on any atom is 0.159 e. The van der Waals surface area contributed by atoms with E-state index in [-0.39, 0.29) is 0 Å². The Morgan fingerprint density at radius 3 is 2.50 bits per heavy atom. The number of rotatable bonds is 3. The number of anilines is 1. The summed E-state index contributed by atoms with van der Waals surface area (Å²) in [7, 11) is 0. The number of hydrogen-bond acceptors (Lipinski definition) is 4. The third kappa shape index (κ3) is 2.20. The van der Waals surface area contributed by atoms with Crippen molar-refractivity contribution in [2.24, 2.45) is 0 Å². The number of nitrogen functional groups attached to an aromatic ring is 1. The average molecular weight is 245 g/mol. The van der Waals surface area contributed by atoms with Gasteiger partial charge < -0.3 is 5.73 Å². The molecular weight excluding hydrogens is 226 g/mol. The van der Waals surface area contributed by atoms with Crippen LogP contribution in [0.25, 0.3) is 5.82 Å². The zero-order chi connectivity index (χ0) is 13.3. The SMILES string of the molecule is CCCc1nc(N)cc(-n2nc(C)c(C)c2C)n1. The molecular formula is C13H19N5. The zero-order valence-electron chi connectivity index (χ0n) is 11.4. The standard InChI is InChI=1S/C13H19N5/c1-5-6-12-15-11(14)7-13(16-12)18-10(4)8(2)9(3)17-18/h7H,5-6H2,1-4H3,(H2,14,15,16). The van der Waals surface area contributed by atoms with Crippen molar-refractivity contribution < 1.29 is 0 Å². The van der Waals surface area contributed by atoms with Crippen LogP contribution >= 0.6 is 0 Å². The Bertz CT molecular complexity index is 571. The predicted octanol–water partition coefficient (Wildman–Crippen LogP) is 2.12. The molecule has 0 radical (unpaired) electrons. The lowest BCUT2D eigenvalue weighted by molar-refractivity contribution is 0.767. The van der Waals surface area contributed by atoms with E-state index in [1.807, 2.05) is 18.5 Å². The Balaban J connectivity index is 2.52. The largest absolute Gasteiger partial charge is 0.384 e. The van der Waals surface area contributed by atoms with E-state index in [9.17, 15) is 0 Å². The van der Waals surface area contributed by atoms with Crippen molar-refractivity contribution in [3.63, 3.8) is 0 Å². The monoisotopic (exact) mass is 245 g/mol. The molecule has 0 unspecified atom stereocenters. The Morgan fingerprint density at radius 1 is 1.22 bits per heavy atom. The van der Waals surface area contributed by atoms with Crippen molar-refractivity contribution in [1.82, 2.24) is 19.7 Å². The van der Waals surface area contributed by atoms with E-state index in [2.05, 4.69) is 28.9 Å². The van der Waals surface area contributed by atoms with Crippen LogP contribution in [0.4, 0.5) is 5.82 Å². The summed E-state index contributed by atoms with van der Waals surface area (Å²) in [6.45, 7) is 8.19. The second-order valence-electron chi connectivity index (χ2n) is 4.52. The third-order valence-electron chi connectivity index (χ3n) is 3.12. The van der Waals surface area contributed by atoms with E-state index >= 15 is 0 Å². The first kappa shape index (κ1) is 12.5. The van der Waals surface area contributed by atoms with Crippen LogP contribution in [0.2, 0.25) is 0 Å². The number of aryl methyl sites for hydroxylation is 2. The van der Waals surface area contributed by atoms with Gasteiger partial charge in [-0.1, -0.05) is 6.92 Å². The highest BCUT2D eigenvalue weighted by molar-refractivity contribution is 5.39. The summed E-state index contributed by atoms with van der Waals surface area (Å²) in [5, 5.41) is 4.49. The maximum absolute atomic E-state index is 5.83. The van der Waals surface area contributed by atoms with Crippen LogP contribution in [-0.4, -0.2) is 19.7 Å². The van der Waals surface area contributed by atoms with Crippen molar-refractivity contribution in [1.29, 1.82) is 0 Å². The van der Waals surface area contributed by atoms with Gasteiger partial charge in [0, 0.05) is 18.2 Å². The summed E-state index contributed by atoms with van der Waals surface area (Å²) in [5.74, 6) is 2.02. The lowest BCUT2D eigenvalue weighted by Crippen LogP contribution is -2.08. The molecule has 5 nitrogen and oxygen atoms in total. The Morgan fingerprint density at radius 2 is 1.94 bits per heavy atom. The molecule has 2 N–H and O–H groups in total. The second kappa shape index (κ2) is 4.76. The van der Waals surface area contributed by atoms with Gasteiger partial charge in [-0.25, -0.2) is 14.6 Å². The van der Waals surface area contributed by atoms with Crippen molar-refractivity contribution in [3.05, 3.63) is 28.8 Å². The van der Waals surface area contributed by atoms with Crippen LogP contribution in [-0.2, 0) is 6.42 Å². The van der Waals surface area contributed by atoms with Crippen LogP contribution in [0.15, 0.2) is 6.07 Å². The van der Waals surface area contributed by atoms with E-state index in [0.29, 0.717) is 5.82 Å². The van der Waals surface area contributed by atoms with Crippen LogP contribution in [0, 0.1) is 20.8 Å². The summed E-state index contributed by atoms with van der Waals surface area (Å²) >= 11 is 0. The first-order valence-corrected chi connectivity index (χ1v) is 6.19. The highest BCUT2D eigenvalue weighted by Gasteiger charge is 2.11. The topological polar surface area (TPSA) is 69.6 Å². The molecule has 0 bridgehead atoms. The molecule has 2 rings (SSSR count). The molecule has 0 aromatic carbocycles. The molecule has 0 aliphatic heterocycles. The van der Waals surface area contributed by atoms with E-state index in [1.165, 1.54) is 5.56 Å². The lowest BCUT2D eigenvalue weighted by atomic mass is 10.2. The van der Waals surface area contributed by atoms with Crippen molar-refractivity contribution in [2.45, 2.75) is 40.5 Å². The molecule has 5 heteroatoms. The average Bonchev–Trinajstić information content (AvgIpc) is 2.57. The zero-order valence-corrected chi connectivity index (χ0v) is 11.4. The lowest BCUT2D eigenvalue weighted by Gasteiger charge is -2.07. The van der Waals surface area contributed by atoms with Gasteiger partial charge in [0.25, 0.3) is 0 Å². The molecule has 0 aliphatic rings. The maximum atomic E-state index is 5.83. The quantitative estimate of drug-likeness (QED) is 0.899. The Hall–Kier alpha value is -1.91. The van der Waals surface area contributed by atoms with Crippen LogP contribution in [0.5, 0.6) is 0 Å². The normalized spacial score (nSPS) is 10.9. The van der Waals surface area contributed by atoms with Gasteiger partial charge in [-0.15, -0.1) is 0 Å². The van der Waals surface area contributed by atoms with Crippen molar-refractivity contribution in [3.8, 4) is 5.82 Å². The summed E-state index contributed by atoms with van der Waals surface area (Å²) < 4.78 is 1.84. The fourth-order valence-corrected chi connectivity index (χ4v) is 1.89. The minimum Gasteiger partial charge on any atom is -0.384 e. The van der Waals surface area contributed by atoms with Crippen LogP contribution in [0.1, 0.15) is 36.1 Å². The van der Waals surface area contributed by atoms with Gasteiger partial charge in [-0.2, -0.15) is 5.10 Å². The molecule has 0 atom stereocenters. The molecule has 0 amide bonds. The van der Waals surface area contributed by atoms with Crippen molar-refractivity contribution in [2.75, 3.05) is 5.73 Å². The van der Waals surface area contributed by atoms with Gasteiger partial charge in [0.15, 0.2) is 5.82 Å². The molecule has 96 valence electrons. The minimum absolute atomic E-state index is 0.494. The number of nitrogens with zero attached hydrogens (tertiary/aromatic N) is 4. The van der Waals surface area contributed by atoms with Gasteiger partial charge in [-0.05, 0) is 32.8 Å². The molecule has 2 heterocycles. The molecule has 0 spiro atoms. The second-order valence-corrected chi connectivity index (χ2v) is 4.52. The first-order chi connectivity index (χ1) is 8.52. The predicted molar refractivity (Wildman–Crippen MR) is 71.8 cm³/mol. The number of hydrogen-bond donors (Lipinski definition) is 1. The van der Waals surface area contributed by atoms with Crippen molar-refractivity contribution >= 4 is 5.82 Å². The van der Waals surface area contributed by atoms with Gasteiger partial charge in [0.05, 0.1) is 5.69 Å². The highest BCUT2D eigenvalue weighted by atomic mass is 15.3. The first-order valence-electron chi connectivity index (χ1n) is 6.19. The van der Waals surface area contributed by atoms with Gasteiger partial charge in [-0.3, -0.25) is 0 Å². The molecule has 0 saturated carbocycles. The third-order valence-corrected chi connectivity index (χ3v) is 3.12. The van der Waals surface area contributed by atoms with E-state index < -0.39 is 0 Å². The molecule has 0 aliphatic carbocycles. The summed E-state index contributed by atoms with van der Waals surface area (Å²) in [6.07, 6.45) is 1.83. The number of aromatic nitrogens is 4. The van der Waals surface area contributed by atoms with Crippen LogP contribution < -0.4 is 5.73 Å². The fraction of sp³-hybridized carbons (Fsp3) is 0.462.